The lowest BCUT2D eigenvalue weighted by Gasteiger charge is -2.29. The first-order valence-corrected chi connectivity index (χ1v) is 10.1. The van der Waals surface area contributed by atoms with Gasteiger partial charge in [-0.1, -0.05) is 26.0 Å². The molecule has 0 spiro atoms. The van der Waals surface area contributed by atoms with Crippen LogP contribution in [-0.4, -0.2) is 27.5 Å². The summed E-state index contributed by atoms with van der Waals surface area (Å²) in [6.07, 6.45) is 1.64. The molecule has 1 amide bonds. The number of sulfonamides is 1. The molecule has 7 heteroatoms. The number of hydrogen-bond donors (Lipinski definition) is 1. The molecular formula is C19H22N2O4S. The van der Waals surface area contributed by atoms with Gasteiger partial charge in [0, 0.05) is 6.54 Å². The number of aryl methyl sites for hydroxylation is 1. The topological polar surface area (TPSA) is 75.7 Å². The Balaban J connectivity index is 1.89. The number of benzene rings is 2. The summed E-state index contributed by atoms with van der Waals surface area (Å²) < 4.78 is 33.3. The van der Waals surface area contributed by atoms with E-state index in [1.54, 1.807) is 47.4 Å². The fraction of sp³-hybridized carbons (Fsp3) is 0.316. The first-order chi connectivity index (χ1) is 12.4. The molecule has 0 saturated carbocycles. The van der Waals surface area contributed by atoms with E-state index >= 15 is 0 Å². The van der Waals surface area contributed by atoms with E-state index in [1.165, 1.54) is 0 Å². The molecule has 0 bridgehead atoms. The van der Waals surface area contributed by atoms with Crippen molar-refractivity contribution in [3.63, 3.8) is 0 Å². The molecule has 0 aromatic heterocycles. The number of fused-ring (bicyclic) bond motifs is 1. The van der Waals surface area contributed by atoms with E-state index < -0.39 is 10.0 Å². The van der Waals surface area contributed by atoms with Crippen LogP contribution in [-0.2, 0) is 21.2 Å². The van der Waals surface area contributed by atoms with E-state index in [-0.39, 0.29) is 17.4 Å². The van der Waals surface area contributed by atoms with E-state index in [4.69, 9.17) is 4.74 Å². The van der Waals surface area contributed by atoms with Crippen LogP contribution in [0.5, 0.6) is 5.75 Å². The van der Waals surface area contributed by atoms with Gasteiger partial charge in [-0.2, -0.15) is 0 Å². The number of carbonyl (C=O) groups excluding carboxylic acids is 1. The average molecular weight is 374 g/mol. The summed E-state index contributed by atoms with van der Waals surface area (Å²) in [7, 11) is -3.70. The summed E-state index contributed by atoms with van der Waals surface area (Å²) >= 11 is 0. The minimum absolute atomic E-state index is 0.00184. The largest absolute Gasteiger partial charge is 0.482 e. The van der Waals surface area contributed by atoms with Crippen molar-refractivity contribution >= 4 is 27.3 Å². The number of carbonyl (C=O) groups is 1. The summed E-state index contributed by atoms with van der Waals surface area (Å²) in [6, 6.07) is 11.7. The highest BCUT2D eigenvalue weighted by Gasteiger charge is 2.25. The van der Waals surface area contributed by atoms with Gasteiger partial charge in [-0.25, -0.2) is 8.42 Å². The second-order valence-electron chi connectivity index (χ2n) is 6.12. The van der Waals surface area contributed by atoms with Crippen molar-refractivity contribution in [3.8, 4) is 5.75 Å². The molecule has 138 valence electrons. The molecule has 0 aliphatic carbocycles. The molecule has 0 atom stereocenters. The van der Waals surface area contributed by atoms with Crippen LogP contribution in [0.15, 0.2) is 47.4 Å². The first-order valence-electron chi connectivity index (χ1n) is 8.63. The summed E-state index contributed by atoms with van der Waals surface area (Å²) in [6.45, 7) is 4.56. The molecule has 2 aromatic carbocycles. The van der Waals surface area contributed by atoms with Crippen molar-refractivity contribution < 1.29 is 17.9 Å². The lowest BCUT2D eigenvalue weighted by molar-refractivity contribution is -0.121. The van der Waals surface area contributed by atoms with Gasteiger partial charge in [0.25, 0.3) is 15.9 Å². The zero-order valence-corrected chi connectivity index (χ0v) is 15.7. The summed E-state index contributed by atoms with van der Waals surface area (Å²) in [5, 5.41) is 0. The number of anilines is 2. The zero-order chi connectivity index (χ0) is 18.7. The van der Waals surface area contributed by atoms with Gasteiger partial charge in [-0.05, 0) is 48.7 Å². The predicted molar refractivity (Wildman–Crippen MR) is 101 cm³/mol. The highest BCUT2D eigenvalue weighted by atomic mass is 32.2. The number of rotatable bonds is 6. The maximum atomic E-state index is 12.6. The van der Waals surface area contributed by atoms with Crippen molar-refractivity contribution in [1.82, 2.24) is 0 Å². The molecule has 0 radical (unpaired) electrons. The van der Waals surface area contributed by atoms with E-state index in [0.29, 0.717) is 23.7 Å². The van der Waals surface area contributed by atoms with Crippen LogP contribution in [0.1, 0.15) is 25.8 Å². The van der Waals surface area contributed by atoms with E-state index in [2.05, 4.69) is 4.72 Å². The number of amides is 1. The Hall–Kier alpha value is -2.54. The Morgan fingerprint density at radius 2 is 1.85 bits per heavy atom. The van der Waals surface area contributed by atoms with Gasteiger partial charge in [0.15, 0.2) is 6.61 Å². The number of nitrogens with one attached hydrogen (secondary N) is 1. The molecule has 3 rings (SSSR count). The van der Waals surface area contributed by atoms with Crippen molar-refractivity contribution in [2.24, 2.45) is 0 Å². The quantitative estimate of drug-likeness (QED) is 0.843. The monoisotopic (exact) mass is 374 g/mol. The molecule has 6 nitrogen and oxygen atoms in total. The average Bonchev–Trinajstić information content (AvgIpc) is 2.64. The maximum Gasteiger partial charge on any atom is 0.265 e. The van der Waals surface area contributed by atoms with Gasteiger partial charge in [0.2, 0.25) is 0 Å². The third kappa shape index (κ3) is 3.67. The van der Waals surface area contributed by atoms with Gasteiger partial charge >= 0.3 is 0 Å². The van der Waals surface area contributed by atoms with Crippen LogP contribution in [0.4, 0.5) is 11.4 Å². The Kier molecular flexibility index (Phi) is 5.18. The summed E-state index contributed by atoms with van der Waals surface area (Å²) in [5.74, 6) is 0.447. The fourth-order valence-electron chi connectivity index (χ4n) is 2.85. The lowest BCUT2D eigenvalue weighted by Crippen LogP contribution is -2.39. The number of nitrogens with zero attached hydrogens (tertiary/aromatic N) is 1. The molecule has 26 heavy (non-hydrogen) atoms. The lowest BCUT2D eigenvalue weighted by atomic mass is 10.2. The van der Waals surface area contributed by atoms with Gasteiger partial charge in [0.05, 0.1) is 16.3 Å². The van der Waals surface area contributed by atoms with Gasteiger partial charge in [-0.3, -0.25) is 9.52 Å². The SMILES string of the molecule is CCCN1C(=O)COc2ccc(NS(=O)(=O)c3ccc(CC)cc3)cc21. The van der Waals surface area contributed by atoms with Gasteiger partial charge < -0.3 is 9.64 Å². The molecule has 1 heterocycles. The Morgan fingerprint density at radius 1 is 1.12 bits per heavy atom. The van der Waals surface area contributed by atoms with Crippen LogP contribution in [0.25, 0.3) is 0 Å². The predicted octanol–water partition coefficient (Wildman–Crippen LogP) is 3.19. The smallest absolute Gasteiger partial charge is 0.265 e. The molecule has 1 N–H and O–H groups in total. The third-order valence-corrected chi connectivity index (χ3v) is 5.64. The van der Waals surface area contributed by atoms with Crippen LogP contribution in [0, 0.1) is 0 Å². The number of hydrogen-bond acceptors (Lipinski definition) is 4. The van der Waals surface area contributed by atoms with E-state index in [9.17, 15) is 13.2 Å². The van der Waals surface area contributed by atoms with Crippen molar-refractivity contribution in [2.75, 3.05) is 22.8 Å². The minimum Gasteiger partial charge on any atom is -0.482 e. The Morgan fingerprint density at radius 3 is 2.50 bits per heavy atom. The van der Waals surface area contributed by atoms with Crippen LogP contribution < -0.4 is 14.4 Å². The van der Waals surface area contributed by atoms with Crippen LogP contribution in [0.3, 0.4) is 0 Å². The Labute approximate surface area is 153 Å². The highest BCUT2D eigenvalue weighted by Crippen LogP contribution is 2.35. The van der Waals surface area contributed by atoms with Crippen molar-refractivity contribution in [3.05, 3.63) is 48.0 Å². The second kappa shape index (κ2) is 7.37. The standard InChI is InChI=1S/C19H22N2O4S/c1-3-11-21-17-12-15(7-10-18(17)25-13-19(21)22)20-26(23,24)16-8-5-14(4-2)6-9-16/h5-10,12,20H,3-4,11,13H2,1-2H3. The molecule has 1 aliphatic rings. The van der Waals surface area contributed by atoms with E-state index in [0.717, 1.165) is 18.4 Å². The van der Waals surface area contributed by atoms with Gasteiger partial charge in [-0.15, -0.1) is 0 Å². The Bertz CT molecular complexity index is 908. The highest BCUT2D eigenvalue weighted by molar-refractivity contribution is 7.92. The van der Waals surface area contributed by atoms with Crippen LogP contribution in [0.2, 0.25) is 0 Å². The zero-order valence-electron chi connectivity index (χ0n) is 14.9. The first kappa shape index (κ1) is 18.3. The molecule has 2 aromatic rings. The van der Waals surface area contributed by atoms with Crippen LogP contribution >= 0.6 is 0 Å². The number of ether oxygens (including phenoxy) is 1. The van der Waals surface area contributed by atoms with Crippen molar-refractivity contribution in [2.45, 2.75) is 31.6 Å². The second-order valence-corrected chi connectivity index (χ2v) is 7.80. The summed E-state index contributed by atoms with van der Waals surface area (Å²) in [5.41, 5.74) is 2.05. The third-order valence-electron chi connectivity index (χ3n) is 4.24. The fourth-order valence-corrected chi connectivity index (χ4v) is 3.90. The molecule has 0 saturated heterocycles. The van der Waals surface area contributed by atoms with Gasteiger partial charge in [0.1, 0.15) is 5.75 Å². The normalized spacial score (nSPS) is 13.9. The molecular weight excluding hydrogens is 352 g/mol. The molecule has 0 unspecified atom stereocenters. The summed E-state index contributed by atoms with van der Waals surface area (Å²) in [4.78, 5) is 13.9. The molecule has 1 aliphatic heterocycles. The maximum absolute atomic E-state index is 12.6. The minimum atomic E-state index is -3.70. The van der Waals surface area contributed by atoms with E-state index in [1.807, 2.05) is 13.8 Å². The van der Waals surface area contributed by atoms with Crippen molar-refractivity contribution in [1.29, 1.82) is 0 Å². The molecule has 0 fully saturated rings.